The summed E-state index contributed by atoms with van der Waals surface area (Å²) in [6.07, 6.45) is 1.42. The van der Waals surface area contributed by atoms with E-state index in [9.17, 15) is 14.3 Å². The van der Waals surface area contributed by atoms with Gasteiger partial charge in [-0.3, -0.25) is 5.10 Å². The quantitative estimate of drug-likeness (QED) is 0.301. The fourth-order valence-electron chi connectivity index (χ4n) is 3.39. The summed E-state index contributed by atoms with van der Waals surface area (Å²) in [6.45, 7) is 6.62. The molecule has 168 valence electrons. The minimum absolute atomic E-state index is 0.0569. The average molecular weight is 467 g/mol. The molecule has 2 aromatic carbocycles. The zero-order valence-corrected chi connectivity index (χ0v) is 18.4. The normalized spacial score (nSPS) is 10.9. The maximum Gasteiger partial charge on any atom is 0.335 e. The highest BCUT2D eigenvalue weighted by atomic mass is 35.5. The number of aryl methyl sites for hydroxylation is 1. The summed E-state index contributed by atoms with van der Waals surface area (Å²) < 4.78 is 13.4. The number of hydrogen-bond acceptors (Lipinski definition) is 6. The van der Waals surface area contributed by atoms with Crippen molar-refractivity contribution in [1.82, 2.24) is 25.5 Å². The smallest absolute Gasteiger partial charge is 0.335 e. The van der Waals surface area contributed by atoms with E-state index in [2.05, 4.69) is 37.4 Å². The second-order valence-electron chi connectivity index (χ2n) is 7.41. The molecule has 0 amide bonds. The molecule has 4 N–H and O–H groups in total. The van der Waals surface area contributed by atoms with Crippen molar-refractivity contribution in [1.29, 1.82) is 0 Å². The molecular weight excluding hydrogens is 447 g/mol. The third-order valence-electron chi connectivity index (χ3n) is 5.11. The summed E-state index contributed by atoms with van der Waals surface area (Å²) >= 11 is 5.84. The van der Waals surface area contributed by atoms with Crippen LogP contribution in [0.2, 0.25) is 5.02 Å². The fraction of sp³-hybridized carbons (Fsp3) is 0.130. The van der Waals surface area contributed by atoms with Crippen molar-refractivity contribution >= 4 is 40.1 Å². The van der Waals surface area contributed by atoms with Gasteiger partial charge < -0.3 is 15.7 Å². The van der Waals surface area contributed by atoms with Crippen LogP contribution in [0.3, 0.4) is 0 Å². The van der Waals surface area contributed by atoms with Crippen LogP contribution in [0, 0.1) is 12.7 Å². The van der Waals surface area contributed by atoms with Crippen LogP contribution in [0.4, 0.5) is 10.2 Å². The maximum atomic E-state index is 13.4. The molecule has 10 heteroatoms. The van der Waals surface area contributed by atoms with Gasteiger partial charge in [0.25, 0.3) is 0 Å². The zero-order valence-electron chi connectivity index (χ0n) is 17.6. The Hall–Kier alpha value is -3.98. The number of carbonyl (C=O) groups is 1. The van der Waals surface area contributed by atoms with Crippen molar-refractivity contribution in [3.05, 3.63) is 88.1 Å². The van der Waals surface area contributed by atoms with E-state index in [1.54, 1.807) is 31.2 Å². The second kappa shape index (κ2) is 9.25. The van der Waals surface area contributed by atoms with Crippen molar-refractivity contribution in [3.63, 3.8) is 0 Å². The van der Waals surface area contributed by atoms with E-state index >= 15 is 0 Å². The first-order chi connectivity index (χ1) is 15.8. The molecule has 0 atom stereocenters. The largest absolute Gasteiger partial charge is 0.478 e. The van der Waals surface area contributed by atoms with Crippen molar-refractivity contribution < 1.29 is 14.3 Å². The number of carboxylic acid groups (broad SMARTS) is 1. The van der Waals surface area contributed by atoms with E-state index in [4.69, 9.17) is 11.6 Å². The summed E-state index contributed by atoms with van der Waals surface area (Å²) in [5, 5.41) is 22.8. The Balaban J connectivity index is 1.48. The molecule has 0 saturated heterocycles. The van der Waals surface area contributed by atoms with Gasteiger partial charge in [0, 0.05) is 13.1 Å². The Morgan fingerprint density at radius 1 is 1.18 bits per heavy atom. The SMILES string of the molecule is C=C(NCc1ccc(F)c(Cl)c1)c1ncnc2c(NCc3ccc(C(=O)O)c(C)c3)n[nH]c12. The molecule has 0 spiro atoms. The number of benzene rings is 2. The van der Waals surface area contributed by atoms with Crippen LogP contribution in [0.5, 0.6) is 0 Å². The van der Waals surface area contributed by atoms with Crippen LogP contribution in [0.25, 0.3) is 16.7 Å². The lowest BCUT2D eigenvalue weighted by Gasteiger charge is -2.10. The van der Waals surface area contributed by atoms with Crippen molar-refractivity contribution in [2.75, 3.05) is 5.32 Å². The lowest BCUT2D eigenvalue weighted by atomic mass is 10.1. The Bertz CT molecular complexity index is 1370. The lowest BCUT2D eigenvalue weighted by molar-refractivity contribution is 0.0696. The van der Waals surface area contributed by atoms with Gasteiger partial charge in [-0.1, -0.05) is 36.4 Å². The van der Waals surface area contributed by atoms with E-state index in [1.165, 1.54) is 12.4 Å². The predicted octanol–water partition coefficient (Wildman–Crippen LogP) is 4.52. The lowest BCUT2D eigenvalue weighted by Crippen LogP contribution is -2.12. The number of nitrogens with one attached hydrogen (secondary N) is 3. The Morgan fingerprint density at radius 3 is 2.67 bits per heavy atom. The summed E-state index contributed by atoms with van der Waals surface area (Å²) in [5.74, 6) is -0.889. The Kier molecular flexibility index (Phi) is 6.23. The first-order valence-electron chi connectivity index (χ1n) is 9.96. The number of rotatable bonds is 8. The van der Waals surface area contributed by atoms with E-state index in [0.717, 1.165) is 11.1 Å². The second-order valence-corrected chi connectivity index (χ2v) is 7.81. The topological polar surface area (TPSA) is 116 Å². The molecule has 0 radical (unpaired) electrons. The Morgan fingerprint density at radius 2 is 1.94 bits per heavy atom. The monoisotopic (exact) mass is 466 g/mol. The van der Waals surface area contributed by atoms with E-state index < -0.39 is 11.8 Å². The highest BCUT2D eigenvalue weighted by Crippen LogP contribution is 2.24. The third-order valence-corrected chi connectivity index (χ3v) is 5.40. The molecule has 0 saturated carbocycles. The number of nitrogens with zero attached hydrogens (tertiary/aromatic N) is 3. The molecule has 0 aliphatic rings. The number of aromatic carboxylic acids is 1. The average Bonchev–Trinajstić information content (AvgIpc) is 3.21. The molecule has 33 heavy (non-hydrogen) atoms. The van der Waals surface area contributed by atoms with Crippen LogP contribution >= 0.6 is 11.6 Å². The Labute approximate surface area is 193 Å². The molecule has 2 aromatic heterocycles. The van der Waals surface area contributed by atoms with E-state index in [-0.39, 0.29) is 10.6 Å². The van der Waals surface area contributed by atoms with Crippen molar-refractivity contribution in [2.45, 2.75) is 20.0 Å². The highest BCUT2D eigenvalue weighted by molar-refractivity contribution is 6.30. The number of carboxylic acids is 1. The van der Waals surface area contributed by atoms with E-state index in [0.29, 0.717) is 46.9 Å². The molecule has 0 bridgehead atoms. The third kappa shape index (κ3) is 4.78. The van der Waals surface area contributed by atoms with Gasteiger partial charge in [-0.2, -0.15) is 5.10 Å². The number of H-pyrrole nitrogens is 1. The van der Waals surface area contributed by atoms with Gasteiger partial charge in [-0.15, -0.1) is 0 Å². The van der Waals surface area contributed by atoms with Crippen LogP contribution in [-0.4, -0.2) is 31.2 Å². The summed E-state index contributed by atoms with van der Waals surface area (Å²) in [7, 11) is 0. The van der Waals surface area contributed by atoms with Gasteiger partial charge in [0.2, 0.25) is 0 Å². The van der Waals surface area contributed by atoms with Gasteiger partial charge in [0.05, 0.1) is 16.3 Å². The zero-order chi connectivity index (χ0) is 23.5. The minimum atomic E-state index is -0.953. The molecule has 0 aliphatic carbocycles. The highest BCUT2D eigenvalue weighted by Gasteiger charge is 2.14. The summed E-state index contributed by atoms with van der Waals surface area (Å²) in [6, 6.07) is 9.66. The molecule has 0 aliphatic heterocycles. The molecular formula is C23H20ClFN6O2. The maximum absolute atomic E-state index is 13.4. The summed E-state index contributed by atoms with van der Waals surface area (Å²) in [4.78, 5) is 19.8. The summed E-state index contributed by atoms with van der Waals surface area (Å²) in [5.41, 5.74) is 4.95. The number of aromatic nitrogens is 4. The van der Waals surface area contributed by atoms with Gasteiger partial charge in [-0.05, 0) is 41.8 Å². The number of halogens is 2. The molecule has 0 fully saturated rings. The van der Waals surface area contributed by atoms with Gasteiger partial charge in [-0.25, -0.2) is 19.2 Å². The van der Waals surface area contributed by atoms with Gasteiger partial charge in [0.1, 0.15) is 28.9 Å². The first-order valence-corrected chi connectivity index (χ1v) is 10.3. The van der Waals surface area contributed by atoms with Gasteiger partial charge >= 0.3 is 5.97 Å². The number of anilines is 1. The minimum Gasteiger partial charge on any atom is -0.478 e. The number of hydrogen-bond donors (Lipinski definition) is 4. The number of aromatic amines is 1. The molecule has 2 heterocycles. The van der Waals surface area contributed by atoms with E-state index in [1.807, 2.05) is 6.07 Å². The van der Waals surface area contributed by atoms with Gasteiger partial charge in [0.15, 0.2) is 5.82 Å². The van der Waals surface area contributed by atoms with Crippen LogP contribution < -0.4 is 10.6 Å². The van der Waals surface area contributed by atoms with Crippen molar-refractivity contribution in [2.24, 2.45) is 0 Å². The van der Waals surface area contributed by atoms with Crippen molar-refractivity contribution in [3.8, 4) is 0 Å². The number of fused-ring (bicyclic) bond motifs is 1. The molecule has 4 rings (SSSR count). The van der Waals surface area contributed by atoms with Crippen LogP contribution in [-0.2, 0) is 13.1 Å². The predicted molar refractivity (Wildman–Crippen MR) is 124 cm³/mol. The van der Waals surface area contributed by atoms with Crippen LogP contribution in [0.1, 0.15) is 32.7 Å². The molecule has 0 unspecified atom stereocenters. The first kappa shape index (κ1) is 22.2. The molecule has 8 nitrogen and oxygen atoms in total. The van der Waals surface area contributed by atoms with Crippen LogP contribution in [0.15, 0.2) is 49.3 Å². The standard InChI is InChI=1S/C23H20ClFN6O2/c1-12-7-14(3-5-16(12)23(32)33)10-27-22-21-20(30-31-22)19(28-11-29-21)13(2)26-9-15-4-6-18(25)17(24)8-15/h3-8,11,26H,2,9-10H2,1H3,(H,32,33)(H2,27,30,31). The molecule has 4 aromatic rings. The fourth-order valence-corrected chi connectivity index (χ4v) is 3.59.